The van der Waals surface area contributed by atoms with Gasteiger partial charge in [0.1, 0.15) is 0 Å². The molecule has 6 nitrogen and oxygen atoms in total. The van der Waals surface area contributed by atoms with Crippen LogP contribution >= 0.6 is 23.4 Å². The minimum Gasteiger partial charge on any atom is -0.385 e. The number of halogens is 1. The Morgan fingerprint density at radius 2 is 2.15 bits per heavy atom. The predicted molar refractivity (Wildman–Crippen MR) is 108 cm³/mol. The summed E-state index contributed by atoms with van der Waals surface area (Å²) >= 11 is 7.31. The number of nitrogens with zero attached hydrogens (tertiary/aromatic N) is 3. The molecule has 0 saturated heterocycles. The molecule has 0 spiro atoms. The van der Waals surface area contributed by atoms with E-state index in [1.54, 1.807) is 40.5 Å². The molecule has 2 aromatic heterocycles. The van der Waals surface area contributed by atoms with Crippen molar-refractivity contribution in [2.45, 2.75) is 18.1 Å². The zero-order valence-corrected chi connectivity index (χ0v) is 16.7. The van der Waals surface area contributed by atoms with E-state index in [1.807, 2.05) is 19.3 Å². The van der Waals surface area contributed by atoms with Crippen LogP contribution < -0.4 is 5.56 Å². The van der Waals surface area contributed by atoms with Gasteiger partial charge in [0.2, 0.25) is 0 Å². The number of hydrogen-bond acceptors (Lipinski definition) is 5. The number of hydrogen-bond donors (Lipinski definition) is 0. The summed E-state index contributed by atoms with van der Waals surface area (Å²) in [6.07, 6.45) is 2.51. The molecule has 142 valence electrons. The van der Waals surface area contributed by atoms with Crippen molar-refractivity contribution >= 4 is 40.0 Å². The average molecular weight is 406 g/mol. The summed E-state index contributed by atoms with van der Waals surface area (Å²) in [5.74, 6) is 0.178. The van der Waals surface area contributed by atoms with Crippen LogP contribution in [0.3, 0.4) is 0 Å². The summed E-state index contributed by atoms with van der Waals surface area (Å²) in [6, 6.07) is 8.64. The second-order valence-corrected chi connectivity index (χ2v) is 7.45. The fourth-order valence-corrected chi connectivity index (χ4v) is 3.87. The highest BCUT2D eigenvalue weighted by molar-refractivity contribution is 7.99. The minimum absolute atomic E-state index is 0.0172. The first-order valence-corrected chi connectivity index (χ1v) is 9.84. The number of rotatable bonds is 8. The Bertz CT molecular complexity index is 1030. The zero-order chi connectivity index (χ0) is 19.4. The van der Waals surface area contributed by atoms with Gasteiger partial charge in [-0.3, -0.25) is 14.2 Å². The van der Waals surface area contributed by atoms with E-state index in [9.17, 15) is 9.59 Å². The maximum Gasteiger partial charge on any atom is 0.262 e. The summed E-state index contributed by atoms with van der Waals surface area (Å²) in [4.78, 5) is 30.0. The van der Waals surface area contributed by atoms with E-state index in [-0.39, 0.29) is 17.1 Å². The molecular weight excluding hydrogens is 386 g/mol. The molecule has 3 aromatic rings. The smallest absolute Gasteiger partial charge is 0.262 e. The van der Waals surface area contributed by atoms with Crippen molar-refractivity contribution in [3.8, 4) is 0 Å². The summed E-state index contributed by atoms with van der Waals surface area (Å²) in [6.45, 7) is 1.01. The minimum atomic E-state index is -0.137. The Kier molecular flexibility index (Phi) is 6.36. The van der Waals surface area contributed by atoms with Crippen LogP contribution in [0, 0.1) is 0 Å². The van der Waals surface area contributed by atoms with E-state index in [2.05, 4.69) is 4.98 Å². The molecule has 0 fully saturated rings. The van der Waals surface area contributed by atoms with Gasteiger partial charge in [-0.15, -0.1) is 0 Å². The van der Waals surface area contributed by atoms with Gasteiger partial charge >= 0.3 is 0 Å². The third kappa shape index (κ3) is 4.43. The molecule has 1 aromatic carbocycles. The first kappa shape index (κ1) is 19.7. The number of ether oxygens (including phenoxy) is 1. The number of ketones is 1. The number of carbonyl (C=O) groups is 1. The number of Topliss-reactive ketones (excluding diaryl/α,β-unsaturated/α-hetero) is 1. The molecule has 0 atom stereocenters. The van der Waals surface area contributed by atoms with Gasteiger partial charge < -0.3 is 9.30 Å². The highest BCUT2D eigenvalue weighted by Gasteiger charge is 2.15. The molecule has 0 bridgehead atoms. The summed E-state index contributed by atoms with van der Waals surface area (Å²) in [5.41, 5.74) is 1.02. The molecule has 0 saturated carbocycles. The van der Waals surface area contributed by atoms with Crippen LogP contribution in [0.5, 0.6) is 0 Å². The molecule has 3 rings (SSSR count). The largest absolute Gasteiger partial charge is 0.385 e. The van der Waals surface area contributed by atoms with Crippen molar-refractivity contribution in [1.29, 1.82) is 0 Å². The second kappa shape index (κ2) is 8.73. The normalized spacial score (nSPS) is 11.2. The fraction of sp³-hybridized carbons (Fsp3) is 0.316. The lowest BCUT2D eigenvalue weighted by Gasteiger charge is -2.13. The molecule has 2 heterocycles. The van der Waals surface area contributed by atoms with Crippen LogP contribution in [0.15, 0.2) is 46.5 Å². The maximum absolute atomic E-state index is 12.9. The van der Waals surface area contributed by atoms with Gasteiger partial charge in [-0.2, -0.15) is 0 Å². The van der Waals surface area contributed by atoms with Crippen molar-refractivity contribution in [3.63, 3.8) is 0 Å². The fourth-order valence-electron chi connectivity index (χ4n) is 2.80. The highest BCUT2D eigenvalue weighted by atomic mass is 35.5. The molecule has 0 radical (unpaired) electrons. The van der Waals surface area contributed by atoms with Gasteiger partial charge in [0.15, 0.2) is 10.9 Å². The van der Waals surface area contributed by atoms with Crippen LogP contribution in [0.4, 0.5) is 0 Å². The molecule has 0 N–H and O–H groups in total. The van der Waals surface area contributed by atoms with Crippen molar-refractivity contribution in [1.82, 2.24) is 14.1 Å². The van der Waals surface area contributed by atoms with E-state index < -0.39 is 0 Å². The lowest BCUT2D eigenvalue weighted by Crippen LogP contribution is -2.24. The van der Waals surface area contributed by atoms with Crippen molar-refractivity contribution < 1.29 is 9.53 Å². The number of methoxy groups -OCH3 is 1. The Labute approximate surface area is 166 Å². The number of thioether (sulfide) groups is 1. The van der Waals surface area contributed by atoms with Crippen LogP contribution in [0.25, 0.3) is 10.9 Å². The molecule has 27 heavy (non-hydrogen) atoms. The second-order valence-electron chi connectivity index (χ2n) is 6.08. The number of fused-ring (bicyclic) bond motifs is 1. The maximum atomic E-state index is 12.9. The zero-order valence-electron chi connectivity index (χ0n) is 15.1. The van der Waals surface area contributed by atoms with Gasteiger partial charge in [0, 0.05) is 38.5 Å². The molecule has 0 unspecified atom stereocenters. The lowest BCUT2D eigenvalue weighted by molar-refractivity contribution is 0.101. The molecule has 0 aliphatic rings. The van der Waals surface area contributed by atoms with E-state index in [4.69, 9.17) is 16.3 Å². The molecule has 8 heteroatoms. The summed E-state index contributed by atoms with van der Waals surface area (Å²) in [5, 5.41) is 1.53. The van der Waals surface area contributed by atoms with Crippen molar-refractivity contribution in [2.24, 2.45) is 7.05 Å². The van der Waals surface area contributed by atoms with Gasteiger partial charge in [-0.25, -0.2) is 4.98 Å². The van der Waals surface area contributed by atoms with Gasteiger partial charge in [0.25, 0.3) is 5.56 Å². The van der Waals surface area contributed by atoms with Crippen molar-refractivity contribution in [2.75, 3.05) is 19.5 Å². The number of aromatic nitrogens is 3. The van der Waals surface area contributed by atoms with E-state index in [0.717, 1.165) is 0 Å². The molecule has 0 aliphatic carbocycles. The van der Waals surface area contributed by atoms with Crippen LogP contribution in [-0.2, 0) is 18.3 Å². The van der Waals surface area contributed by atoms with E-state index in [1.165, 1.54) is 11.8 Å². The SMILES string of the molecule is COCCCn1c(SCC(=O)c2cccn2C)nc2cc(Cl)ccc2c1=O. The quantitative estimate of drug-likeness (QED) is 0.249. The van der Waals surface area contributed by atoms with Crippen LogP contribution in [0.2, 0.25) is 5.02 Å². The average Bonchev–Trinajstić information content (AvgIpc) is 3.07. The summed E-state index contributed by atoms with van der Waals surface area (Å²) in [7, 11) is 3.45. The van der Waals surface area contributed by atoms with E-state index >= 15 is 0 Å². The van der Waals surface area contributed by atoms with Crippen LogP contribution in [0.1, 0.15) is 16.9 Å². The first-order chi connectivity index (χ1) is 13.0. The third-order valence-electron chi connectivity index (χ3n) is 4.17. The Morgan fingerprint density at radius 1 is 1.33 bits per heavy atom. The monoisotopic (exact) mass is 405 g/mol. The first-order valence-electron chi connectivity index (χ1n) is 8.47. The number of carbonyl (C=O) groups excluding carboxylic acids is 1. The van der Waals surface area contributed by atoms with Crippen molar-refractivity contribution in [3.05, 3.63) is 57.6 Å². The Balaban J connectivity index is 1.93. The van der Waals surface area contributed by atoms with E-state index in [0.29, 0.717) is 46.3 Å². The lowest BCUT2D eigenvalue weighted by atomic mass is 10.2. The summed E-state index contributed by atoms with van der Waals surface area (Å²) < 4.78 is 8.48. The Morgan fingerprint density at radius 3 is 2.85 bits per heavy atom. The molecular formula is C19H20ClN3O3S. The topological polar surface area (TPSA) is 66.1 Å². The highest BCUT2D eigenvalue weighted by Crippen LogP contribution is 2.21. The predicted octanol–water partition coefficient (Wildman–Crippen LogP) is 3.40. The third-order valence-corrected chi connectivity index (χ3v) is 5.39. The molecule has 0 amide bonds. The standard InChI is InChI=1S/C19H20ClN3O3S/c1-22-8-3-5-16(22)17(24)12-27-19-21-15-11-13(20)6-7-14(15)18(25)23(19)9-4-10-26-2/h3,5-8,11H,4,9-10,12H2,1-2H3. The van der Waals surface area contributed by atoms with Gasteiger partial charge in [0.05, 0.1) is 22.3 Å². The van der Waals surface area contributed by atoms with Crippen LogP contribution in [-0.4, -0.2) is 39.4 Å². The van der Waals surface area contributed by atoms with Gasteiger partial charge in [-0.1, -0.05) is 23.4 Å². The number of aryl methyl sites for hydroxylation is 1. The Hall–Kier alpha value is -2.09. The van der Waals surface area contributed by atoms with Gasteiger partial charge in [-0.05, 0) is 36.8 Å². The number of benzene rings is 1. The molecule has 0 aliphatic heterocycles.